The number of hydrogen-bond acceptors (Lipinski definition) is 5. The van der Waals surface area contributed by atoms with Crippen LogP contribution >= 0.6 is 11.3 Å². The summed E-state index contributed by atoms with van der Waals surface area (Å²) in [4.78, 5) is 9.89. The topological polar surface area (TPSA) is 63.8 Å². The molecular formula is C14H14N4S. The van der Waals surface area contributed by atoms with Crippen molar-refractivity contribution in [2.24, 2.45) is 0 Å². The van der Waals surface area contributed by atoms with Crippen LogP contribution in [0.5, 0.6) is 0 Å². The molecule has 5 heteroatoms. The van der Waals surface area contributed by atoms with E-state index in [-0.39, 0.29) is 0 Å². The Morgan fingerprint density at radius 3 is 2.95 bits per heavy atom. The number of fused-ring (bicyclic) bond motifs is 1. The molecule has 0 amide bonds. The number of para-hydroxylation sites is 1. The number of benzene rings is 1. The average Bonchev–Trinajstić information content (AvgIpc) is 2.83. The second kappa shape index (κ2) is 4.85. The average molecular weight is 270 g/mol. The molecule has 0 aliphatic carbocycles. The Kier molecular flexibility index (Phi) is 3.05. The van der Waals surface area contributed by atoms with Crippen LogP contribution in [0.3, 0.4) is 0 Å². The molecule has 0 atom stereocenters. The van der Waals surface area contributed by atoms with Gasteiger partial charge in [0.2, 0.25) is 0 Å². The number of nitrogens with two attached hydrogens (primary N) is 1. The van der Waals surface area contributed by atoms with Gasteiger partial charge in [0.1, 0.15) is 5.01 Å². The molecule has 0 bridgehead atoms. The van der Waals surface area contributed by atoms with Gasteiger partial charge >= 0.3 is 0 Å². The second-order valence-electron chi connectivity index (χ2n) is 4.32. The summed E-state index contributed by atoms with van der Waals surface area (Å²) in [5, 5.41) is 5.51. The fourth-order valence-electron chi connectivity index (χ4n) is 2.01. The van der Waals surface area contributed by atoms with Gasteiger partial charge in [0.05, 0.1) is 17.7 Å². The predicted molar refractivity (Wildman–Crippen MR) is 80.3 cm³/mol. The first-order chi connectivity index (χ1) is 9.24. The van der Waals surface area contributed by atoms with E-state index in [1.807, 2.05) is 30.5 Å². The normalized spacial score (nSPS) is 10.8. The summed E-state index contributed by atoms with van der Waals surface area (Å²) in [6, 6.07) is 7.79. The lowest BCUT2D eigenvalue weighted by atomic mass is 10.1. The largest absolute Gasteiger partial charge is 0.397 e. The van der Waals surface area contributed by atoms with Crippen LogP contribution in [0.2, 0.25) is 0 Å². The molecule has 3 aromatic rings. The quantitative estimate of drug-likeness (QED) is 0.717. The molecule has 3 rings (SSSR count). The molecule has 2 heterocycles. The van der Waals surface area contributed by atoms with Gasteiger partial charge in [-0.3, -0.25) is 4.98 Å². The van der Waals surface area contributed by atoms with Crippen LogP contribution in [0.1, 0.15) is 9.88 Å². The van der Waals surface area contributed by atoms with Crippen LogP contribution < -0.4 is 11.1 Å². The van der Waals surface area contributed by atoms with Gasteiger partial charge in [0, 0.05) is 28.3 Å². The van der Waals surface area contributed by atoms with Crippen molar-refractivity contribution in [3.8, 4) is 0 Å². The van der Waals surface area contributed by atoms with E-state index in [0.717, 1.165) is 21.6 Å². The third-order valence-electron chi connectivity index (χ3n) is 2.90. The highest BCUT2D eigenvalue weighted by molar-refractivity contribution is 7.11. The number of rotatable bonds is 3. The number of thiazole rings is 1. The highest BCUT2D eigenvalue weighted by Crippen LogP contribution is 2.26. The summed E-state index contributed by atoms with van der Waals surface area (Å²) in [6.07, 6.45) is 3.67. The molecule has 0 aliphatic heterocycles. The van der Waals surface area contributed by atoms with Gasteiger partial charge in [-0.25, -0.2) is 4.98 Å². The van der Waals surface area contributed by atoms with E-state index in [2.05, 4.69) is 22.2 Å². The van der Waals surface area contributed by atoms with Crippen LogP contribution in [-0.2, 0) is 6.54 Å². The van der Waals surface area contributed by atoms with Gasteiger partial charge in [0.25, 0.3) is 0 Å². The molecule has 0 saturated carbocycles. The highest BCUT2D eigenvalue weighted by Gasteiger charge is 2.05. The highest BCUT2D eigenvalue weighted by atomic mass is 32.1. The van der Waals surface area contributed by atoms with Gasteiger partial charge in [-0.1, -0.05) is 12.1 Å². The lowest BCUT2D eigenvalue weighted by Crippen LogP contribution is -2.00. The molecular weight excluding hydrogens is 256 g/mol. The molecule has 0 spiro atoms. The zero-order valence-electron chi connectivity index (χ0n) is 10.6. The van der Waals surface area contributed by atoms with Crippen molar-refractivity contribution in [3.63, 3.8) is 0 Å². The molecule has 0 fully saturated rings. The van der Waals surface area contributed by atoms with Crippen molar-refractivity contribution >= 4 is 33.6 Å². The minimum Gasteiger partial charge on any atom is -0.397 e. The molecule has 19 heavy (non-hydrogen) atoms. The predicted octanol–water partition coefficient (Wildman–Crippen LogP) is 3.19. The number of aromatic nitrogens is 2. The van der Waals surface area contributed by atoms with Crippen molar-refractivity contribution in [1.29, 1.82) is 0 Å². The second-order valence-corrected chi connectivity index (χ2v) is 5.64. The fraction of sp³-hybridized carbons (Fsp3) is 0.143. The maximum Gasteiger partial charge on any atom is 0.112 e. The Bertz CT molecular complexity index is 720. The number of nitrogens with one attached hydrogen (secondary N) is 1. The first-order valence-electron chi connectivity index (χ1n) is 6.02. The summed E-state index contributed by atoms with van der Waals surface area (Å²) >= 11 is 1.70. The third-order valence-corrected chi connectivity index (χ3v) is 3.81. The summed E-state index contributed by atoms with van der Waals surface area (Å²) in [5.74, 6) is 0. The third kappa shape index (κ3) is 2.37. The maximum absolute atomic E-state index is 5.94. The number of nitrogen functional groups attached to an aromatic ring is 1. The lowest BCUT2D eigenvalue weighted by molar-refractivity contribution is 1.10. The summed E-state index contributed by atoms with van der Waals surface area (Å²) in [7, 11) is 0. The molecule has 2 aromatic heterocycles. The summed E-state index contributed by atoms with van der Waals surface area (Å²) in [6.45, 7) is 2.77. The molecule has 4 nitrogen and oxygen atoms in total. The van der Waals surface area contributed by atoms with Gasteiger partial charge in [0.15, 0.2) is 0 Å². The molecule has 3 N–H and O–H groups in total. The number of hydrogen-bond donors (Lipinski definition) is 2. The number of pyridine rings is 1. The number of nitrogens with zero attached hydrogens (tertiary/aromatic N) is 2. The number of aryl methyl sites for hydroxylation is 1. The zero-order valence-corrected chi connectivity index (χ0v) is 11.4. The van der Waals surface area contributed by atoms with E-state index in [4.69, 9.17) is 5.73 Å². The smallest absolute Gasteiger partial charge is 0.112 e. The van der Waals surface area contributed by atoms with E-state index in [1.54, 1.807) is 17.5 Å². The van der Waals surface area contributed by atoms with Crippen molar-refractivity contribution in [2.45, 2.75) is 13.5 Å². The van der Waals surface area contributed by atoms with E-state index < -0.39 is 0 Å². The summed E-state index contributed by atoms with van der Waals surface area (Å²) in [5.41, 5.74) is 8.50. The standard InChI is InChI=1S/C14H14N4S/c1-9-7-18-13(19-9)8-17-12-5-6-16-14-10(12)3-2-4-11(14)15/h2-7H,8,15H2,1H3,(H,16,17). The minimum atomic E-state index is 0.700. The van der Waals surface area contributed by atoms with Crippen LogP contribution in [0.4, 0.5) is 11.4 Å². The molecule has 0 radical (unpaired) electrons. The SMILES string of the molecule is Cc1cnc(CNc2ccnc3c(N)cccc23)s1. The van der Waals surface area contributed by atoms with Crippen LogP contribution in [0.15, 0.2) is 36.7 Å². The molecule has 0 aliphatic rings. The Morgan fingerprint density at radius 1 is 1.26 bits per heavy atom. The first-order valence-corrected chi connectivity index (χ1v) is 6.84. The molecule has 1 aromatic carbocycles. The van der Waals surface area contributed by atoms with E-state index in [9.17, 15) is 0 Å². The summed E-state index contributed by atoms with van der Waals surface area (Å²) < 4.78 is 0. The molecule has 96 valence electrons. The van der Waals surface area contributed by atoms with Crippen molar-refractivity contribution in [3.05, 3.63) is 46.5 Å². The van der Waals surface area contributed by atoms with Gasteiger partial charge in [-0.15, -0.1) is 11.3 Å². The van der Waals surface area contributed by atoms with E-state index in [0.29, 0.717) is 12.2 Å². The van der Waals surface area contributed by atoms with Crippen LogP contribution in [0.25, 0.3) is 10.9 Å². The molecule has 0 unspecified atom stereocenters. The van der Waals surface area contributed by atoms with Crippen LogP contribution in [0, 0.1) is 6.92 Å². The van der Waals surface area contributed by atoms with E-state index >= 15 is 0 Å². The Hall–Kier alpha value is -2.14. The van der Waals surface area contributed by atoms with E-state index in [1.165, 1.54) is 4.88 Å². The van der Waals surface area contributed by atoms with Crippen molar-refractivity contribution < 1.29 is 0 Å². The van der Waals surface area contributed by atoms with Gasteiger partial charge in [-0.2, -0.15) is 0 Å². The van der Waals surface area contributed by atoms with Gasteiger partial charge < -0.3 is 11.1 Å². The first kappa shape index (κ1) is 11.9. The zero-order chi connectivity index (χ0) is 13.2. The van der Waals surface area contributed by atoms with Gasteiger partial charge in [-0.05, 0) is 19.1 Å². The Morgan fingerprint density at radius 2 is 2.16 bits per heavy atom. The minimum absolute atomic E-state index is 0.700. The Labute approximate surface area is 115 Å². The Balaban J connectivity index is 1.91. The fourth-order valence-corrected chi connectivity index (χ4v) is 2.73. The van der Waals surface area contributed by atoms with Crippen LogP contribution in [-0.4, -0.2) is 9.97 Å². The molecule has 0 saturated heterocycles. The maximum atomic E-state index is 5.94. The lowest BCUT2D eigenvalue weighted by Gasteiger charge is -2.09. The van der Waals surface area contributed by atoms with Crippen molar-refractivity contribution in [2.75, 3.05) is 11.1 Å². The monoisotopic (exact) mass is 270 g/mol. The number of anilines is 2. The van der Waals surface area contributed by atoms with Crippen molar-refractivity contribution in [1.82, 2.24) is 9.97 Å².